The van der Waals surface area contributed by atoms with Crippen molar-refractivity contribution in [3.8, 4) is 0 Å². The van der Waals surface area contributed by atoms with E-state index in [-0.39, 0.29) is 0 Å². The van der Waals surface area contributed by atoms with Crippen molar-refractivity contribution in [1.82, 2.24) is 0 Å². The van der Waals surface area contributed by atoms with Crippen LogP contribution in [0.4, 0.5) is 0 Å². The molecule has 0 aromatic heterocycles. The van der Waals surface area contributed by atoms with Crippen molar-refractivity contribution >= 4 is 0 Å². The van der Waals surface area contributed by atoms with E-state index in [9.17, 15) is 0 Å². The molecule has 4 bridgehead atoms. The van der Waals surface area contributed by atoms with Crippen molar-refractivity contribution in [3.05, 3.63) is 12.2 Å². The largest absolute Gasteiger partial charge is 0.0848 e. The van der Waals surface area contributed by atoms with Crippen LogP contribution in [0.15, 0.2) is 12.2 Å². The van der Waals surface area contributed by atoms with Crippen LogP contribution in [0.3, 0.4) is 0 Å². The quantitative estimate of drug-likeness (QED) is 0.549. The highest BCUT2D eigenvalue weighted by atomic mass is 14.6. The van der Waals surface area contributed by atoms with Crippen LogP contribution in [0, 0.1) is 53.3 Å². The summed E-state index contributed by atoms with van der Waals surface area (Å²) in [6.07, 6.45) is 14.6. The van der Waals surface area contributed by atoms with Crippen LogP contribution in [0.25, 0.3) is 0 Å². The molecule has 112 valence electrons. The van der Waals surface area contributed by atoms with Gasteiger partial charge >= 0.3 is 0 Å². The van der Waals surface area contributed by atoms with Gasteiger partial charge in [-0.25, -0.2) is 0 Å². The fourth-order valence-electron chi connectivity index (χ4n) is 7.52. The van der Waals surface area contributed by atoms with Crippen molar-refractivity contribution in [2.45, 2.75) is 59.3 Å². The average Bonchev–Trinajstić information content (AvgIpc) is 3.26. The highest BCUT2D eigenvalue weighted by Gasteiger charge is 2.60. The van der Waals surface area contributed by atoms with Crippen molar-refractivity contribution in [3.63, 3.8) is 0 Å². The molecule has 0 N–H and O–H groups in total. The summed E-state index contributed by atoms with van der Waals surface area (Å²) in [5.74, 6) is 9.90. The molecule has 0 radical (unpaired) electrons. The molecule has 0 spiro atoms. The maximum Gasteiger partial charge on any atom is -0.0194 e. The summed E-state index contributed by atoms with van der Waals surface area (Å²) in [6.45, 7) is 6.49. The van der Waals surface area contributed by atoms with Crippen LogP contribution in [0.1, 0.15) is 59.3 Å². The molecule has 0 aromatic carbocycles. The van der Waals surface area contributed by atoms with E-state index in [1.54, 1.807) is 25.7 Å². The maximum absolute atomic E-state index is 2.60. The molecule has 5 aliphatic carbocycles. The van der Waals surface area contributed by atoms with Gasteiger partial charge in [-0.3, -0.25) is 0 Å². The summed E-state index contributed by atoms with van der Waals surface area (Å²) < 4.78 is 0. The molecule has 20 heavy (non-hydrogen) atoms. The van der Waals surface area contributed by atoms with Gasteiger partial charge in [0.05, 0.1) is 0 Å². The third kappa shape index (κ3) is 1.60. The predicted molar refractivity (Wildman–Crippen MR) is 85.3 cm³/mol. The second-order valence-corrected chi connectivity index (χ2v) is 8.07. The zero-order valence-electron chi connectivity index (χ0n) is 13.6. The second kappa shape index (κ2) is 4.89. The van der Waals surface area contributed by atoms with Crippen molar-refractivity contribution < 1.29 is 0 Å². The summed E-state index contributed by atoms with van der Waals surface area (Å²) in [5.41, 5.74) is 0. The predicted octanol–water partition coefficient (Wildman–Crippen LogP) is 5.54. The molecule has 4 fully saturated rings. The highest BCUT2D eigenvalue weighted by molar-refractivity contribution is 5.18. The molecule has 9 atom stereocenters. The average molecular weight is 272 g/mol. The van der Waals surface area contributed by atoms with Gasteiger partial charge in [0, 0.05) is 0 Å². The van der Waals surface area contributed by atoms with Crippen molar-refractivity contribution in [2.75, 3.05) is 0 Å². The number of hydrogen-bond acceptors (Lipinski definition) is 0. The lowest BCUT2D eigenvalue weighted by Gasteiger charge is -2.50. The third-order valence-corrected chi connectivity index (χ3v) is 7.85. The Kier molecular flexibility index (Phi) is 3.28. The molecule has 0 aliphatic heterocycles. The minimum atomic E-state index is 0.991. The van der Waals surface area contributed by atoms with Crippen LogP contribution in [-0.2, 0) is 0 Å². The molecule has 0 saturated heterocycles. The Balaban J connectivity index is 0.000000509. The van der Waals surface area contributed by atoms with Gasteiger partial charge in [-0.15, -0.1) is 0 Å². The van der Waals surface area contributed by atoms with Crippen LogP contribution in [0.5, 0.6) is 0 Å². The lowest BCUT2D eigenvalue weighted by atomic mass is 9.55. The van der Waals surface area contributed by atoms with Crippen molar-refractivity contribution in [1.29, 1.82) is 0 Å². The van der Waals surface area contributed by atoms with E-state index in [2.05, 4.69) is 19.1 Å². The number of fused-ring (bicyclic) bond motifs is 10. The maximum atomic E-state index is 2.60. The van der Waals surface area contributed by atoms with E-state index < -0.39 is 0 Å². The van der Waals surface area contributed by atoms with Gasteiger partial charge in [0.1, 0.15) is 0 Å². The standard InChI is InChI=1S/C18H26.C2H6/c1-2-14-17-12-5-3-10(7-12)15(17)9-16-11-4-6-13(8-11)18(14)16;1-2/h3,5,10-18H,2,4,6-9H2,1H3;1-2H3. The second-order valence-electron chi connectivity index (χ2n) is 8.07. The summed E-state index contributed by atoms with van der Waals surface area (Å²) in [5, 5.41) is 0. The molecule has 4 saturated carbocycles. The first-order chi connectivity index (χ1) is 9.86. The van der Waals surface area contributed by atoms with Crippen LogP contribution >= 0.6 is 0 Å². The molecule has 5 rings (SSSR count). The Hall–Kier alpha value is -0.260. The molecule has 0 heterocycles. The first-order valence-corrected chi connectivity index (χ1v) is 9.55. The molecular formula is C20H32. The summed E-state index contributed by atoms with van der Waals surface area (Å²) in [6, 6.07) is 0. The first-order valence-electron chi connectivity index (χ1n) is 9.55. The zero-order valence-corrected chi connectivity index (χ0v) is 13.6. The number of allylic oxidation sites excluding steroid dienone is 2. The van der Waals surface area contributed by atoms with E-state index in [0.29, 0.717) is 0 Å². The van der Waals surface area contributed by atoms with Gasteiger partial charge in [-0.05, 0) is 85.4 Å². The number of rotatable bonds is 1. The van der Waals surface area contributed by atoms with Crippen LogP contribution in [0.2, 0.25) is 0 Å². The van der Waals surface area contributed by atoms with Gasteiger partial charge in [-0.1, -0.05) is 39.3 Å². The normalized spacial score (nSPS) is 57.2. The fourth-order valence-corrected chi connectivity index (χ4v) is 7.52. The van der Waals surface area contributed by atoms with Gasteiger partial charge in [-0.2, -0.15) is 0 Å². The van der Waals surface area contributed by atoms with E-state index in [0.717, 1.165) is 53.3 Å². The SMILES string of the molecule is CC.CCC1C2C3C=CC(C3)C2CC2C3CCC(C3)C21. The summed E-state index contributed by atoms with van der Waals surface area (Å²) in [7, 11) is 0. The van der Waals surface area contributed by atoms with Gasteiger partial charge in [0.25, 0.3) is 0 Å². The molecule has 9 unspecified atom stereocenters. The molecule has 0 aromatic rings. The lowest BCUT2D eigenvalue weighted by molar-refractivity contribution is -0.00375. The highest BCUT2D eigenvalue weighted by Crippen LogP contribution is 2.67. The third-order valence-electron chi connectivity index (χ3n) is 7.85. The van der Waals surface area contributed by atoms with E-state index in [1.807, 2.05) is 13.8 Å². The van der Waals surface area contributed by atoms with Gasteiger partial charge in [0.2, 0.25) is 0 Å². The molecular weight excluding hydrogens is 240 g/mol. The van der Waals surface area contributed by atoms with Crippen LogP contribution in [-0.4, -0.2) is 0 Å². The van der Waals surface area contributed by atoms with Crippen molar-refractivity contribution in [2.24, 2.45) is 53.3 Å². The van der Waals surface area contributed by atoms with Crippen LogP contribution < -0.4 is 0 Å². The molecule has 0 nitrogen and oxygen atoms in total. The Labute approximate surface area is 125 Å². The van der Waals surface area contributed by atoms with E-state index in [4.69, 9.17) is 0 Å². The zero-order chi connectivity index (χ0) is 13.9. The topological polar surface area (TPSA) is 0 Å². The fraction of sp³-hybridized carbons (Fsp3) is 0.900. The smallest absolute Gasteiger partial charge is 0.0194 e. The summed E-state index contributed by atoms with van der Waals surface area (Å²) >= 11 is 0. The Bertz CT molecular complexity index is 395. The van der Waals surface area contributed by atoms with Gasteiger partial charge in [0.15, 0.2) is 0 Å². The molecule has 0 heteroatoms. The monoisotopic (exact) mass is 272 g/mol. The molecule has 0 amide bonds. The van der Waals surface area contributed by atoms with Gasteiger partial charge < -0.3 is 0 Å². The number of hydrogen-bond donors (Lipinski definition) is 0. The Morgan fingerprint density at radius 1 is 0.800 bits per heavy atom. The van der Waals surface area contributed by atoms with E-state index in [1.165, 1.54) is 12.8 Å². The molecule has 5 aliphatic rings. The Morgan fingerprint density at radius 2 is 1.55 bits per heavy atom. The lowest BCUT2D eigenvalue weighted by Crippen LogP contribution is -2.44. The van der Waals surface area contributed by atoms with E-state index >= 15 is 0 Å². The minimum absolute atomic E-state index is 0.991. The minimum Gasteiger partial charge on any atom is -0.0848 e. The Morgan fingerprint density at radius 3 is 2.35 bits per heavy atom. The first kappa shape index (κ1) is 13.4. The summed E-state index contributed by atoms with van der Waals surface area (Å²) in [4.78, 5) is 0.